The first kappa shape index (κ1) is 14.3. The average molecular weight is 283 g/mol. The van der Waals surface area contributed by atoms with E-state index < -0.39 is 9.84 Å². The first-order valence-corrected chi connectivity index (χ1v) is 8.54. The second-order valence-corrected chi connectivity index (χ2v) is 6.96. The molecule has 6 heteroatoms. The Hall–Kier alpha value is -1.14. The number of piperidine rings is 1. The van der Waals surface area contributed by atoms with Crippen molar-refractivity contribution < 1.29 is 8.42 Å². The van der Waals surface area contributed by atoms with Gasteiger partial charge in [0, 0.05) is 31.6 Å². The first-order chi connectivity index (χ1) is 9.00. The van der Waals surface area contributed by atoms with Crippen molar-refractivity contribution in [2.75, 3.05) is 31.2 Å². The van der Waals surface area contributed by atoms with Crippen molar-refractivity contribution in [2.45, 2.75) is 30.7 Å². The number of hydrogen-bond acceptors (Lipinski definition) is 5. The van der Waals surface area contributed by atoms with Gasteiger partial charge in [0.1, 0.15) is 10.7 Å². The van der Waals surface area contributed by atoms with Gasteiger partial charge in [-0.25, -0.2) is 13.4 Å². The van der Waals surface area contributed by atoms with Crippen LogP contribution in [0, 0.1) is 0 Å². The SMILES string of the molecule is CCN1CCC(Nc2ncccc2S(C)(=O)=O)CC1. The summed E-state index contributed by atoms with van der Waals surface area (Å²) in [4.78, 5) is 6.86. The number of nitrogens with zero attached hydrogens (tertiary/aromatic N) is 2. The van der Waals surface area contributed by atoms with Gasteiger partial charge >= 0.3 is 0 Å². The van der Waals surface area contributed by atoms with Crippen molar-refractivity contribution in [1.29, 1.82) is 0 Å². The third-order valence-electron chi connectivity index (χ3n) is 3.55. The summed E-state index contributed by atoms with van der Waals surface area (Å²) in [5, 5.41) is 3.28. The Bertz CT molecular complexity index is 522. The molecule has 106 valence electrons. The second kappa shape index (κ2) is 5.88. The van der Waals surface area contributed by atoms with Crippen molar-refractivity contribution in [1.82, 2.24) is 9.88 Å². The van der Waals surface area contributed by atoms with Gasteiger partial charge in [-0.1, -0.05) is 6.92 Å². The molecule has 1 N–H and O–H groups in total. The molecule has 0 amide bonds. The molecule has 0 saturated carbocycles. The minimum absolute atomic E-state index is 0.285. The van der Waals surface area contributed by atoms with Crippen molar-refractivity contribution in [3.63, 3.8) is 0 Å². The lowest BCUT2D eigenvalue weighted by molar-refractivity contribution is 0.229. The maximum Gasteiger partial charge on any atom is 0.179 e. The average Bonchev–Trinajstić information content (AvgIpc) is 2.39. The van der Waals surface area contributed by atoms with Crippen molar-refractivity contribution in [3.8, 4) is 0 Å². The molecule has 0 aliphatic carbocycles. The fourth-order valence-corrected chi connectivity index (χ4v) is 3.17. The van der Waals surface area contributed by atoms with Gasteiger partial charge in [-0.2, -0.15) is 0 Å². The highest BCUT2D eigenvalue weighted by Crippen LogP contribution is 2.21. The molecule has 2 heterocycles. The molecule has 0 radical (unpaired) electrons. The van der Waals surface area contributed by atoms with Gasteiger partial charge in [0.2, 0.25) is 0 Å². The molecule has 0 spiro atoms. The predicted molar refractivity (Wildman–Crippen MR) is 76.1 cm³/mol. The second-order valence-electron chi connectivity index (χ2n) is 4.98. The van der Waals surface area contributed by atoms with Gasteiger partial charge in [0.25, 0.3) is 0 Å². The molecule has 1 fully saturated rings. The summed E-state index contributed by atoms with van der Waals surface area (Å²) in [6.45, 7) is 5.34. The van der Waals surface area contributed by atoms with Crippen LogP contribution in [0.4, 0.5) is 5.82 Å². The normalized spacial score (nSPS) is 18.4. The predicted octanol–water partition coefficient (Wildman–Crippen LogP) is 1.38. The van der Waals surface area contributed by atoms with E-state index in [2.05, 4.69) is 22.1 Å². The van der Waals surface area contributed by atoms with Crippen molar-refractivity contribution in [3.05, 3.63) is 18.3 Å². The van der Waals surface area contributed by atoms with Crippen LogP contribution >= 0.6 is 0 Å². The molecule has 1 aliphatic rings. The Kier molecular flexibility index (Phi) is 4.42. The lowest BCUT2D eigenvalue weighted by Crippen LogP contribution is -2.39. The molecule has 1 saturated heterocycles. The van der Waals surface area contributed by atoms with Crippen LogP contribution < -0.4 is 5.32 Å². The summed E-state index contributed by atoms with van der Waals surface area (Å²) in [7, 11) is -3.24. The van der Waals surface area contributed by atoms with Gasteiger partial charge in [0.05, 0.1) is 0 Å². The van der Waals surface area contributed by atoms with Crippen LogP contribution in [0.3, 0.4) is 0 Å². The zero-order valence-corrected chi connectivity index (χ0v) is 12.3. The summed E-state index contributed by atoms with van der Waals surface area (Å²) >= 11 is 0. The quantitative estimate of drug-likeness (QED) is 0.904. The zero-order valence-electron chi connectivity index (χ0n) is 11.5. The van der Waals surface area contributed by atoms with E-state index in [4.69, 9.17) is 0 Å². The minimum atomic E-state index is -3.24. The first-order valence-electron chi connectivity index (χ1n) is 6.64. The Morgan fingerprint density at radius 1 is 1.42 bits per heavy atom. The molecule has 19 heavy (non-hydrogen) atoms. The molecule has 0 atom stereocenters. The summed E-state index contributed by atoms with van der Waals surface area (Å²) < 4.78 is 23.4. The van der Waals surface area contributed by atoms with Crippen LogP contribution in [0.1, 0.15) is 19.8 Å². The van der Waals surface area contributed by atoms with E-state index in [0.717, 1.165) is 32.5 Å². The van der Waals surface area contributed by atoms with Gasteiger partial charge in [-0.15, -0.1) is 0 Å². The molecule has 5 nitrogen and oxygen atoms in total. The van der Waals surface area contributed by atoms with E-state index in [1.807, 2.05) is 0 Å². The Labute approximate surface area is 114 Å². The van der Waals surface area contributed by atoms with E-state index in [1.165, 1.54) is 6.26 Å². The van der Waals surface area contributed by atoms with Gasteiger partial charge < -0.3 is 10.2 Å². The molecular formula is C13H21N3O2S. The highest BCUT2D eigenvalue weighted by atomic mass is 32.2. The third kappa shape index (κ3) is 3.67. The maximum atomic E-state index is 11.7. The van der Waals surface area contributed by atoms with E-state index in [-0.39, 0.29) is 4.90 Å². The topological polar surface area (TPSA) is 62.3 Å². The summed E-state index contributed by atoms with van der Waals surface area (Å²) in [5.41, 5.74) is 0. The molecular weight excluding hydrogens is 262 g/mol. The molecule has 0 aromatic carbocycles. The van der Waals surface area contributed by atoms with Gasteiger partial charge in [0.15, 0.2) is 9.84 Å². The highest BCUT2D eigenvalue weighted by molar-refractivity contribution is 7.90. The number of aromatic nitrogens is 1. The summed E-state index contributed by atoms with van der Waals surface area (Å²) in [5.74, 6) is 0.486. The Morgan fingerprint density at radius 3 is 2.68 bits per heavy atom. The van der Waals surface area contributed by atoms with Crippen LogP contribution in [0.2, 0.25) is 0 Å². The van der Waals surface area contributed by atoms with Gasteiger partial charge in [-0.05, 0) is 31.5 Å². The van der Waals surface area contributed by atoms with Gasteiger partial charge in [-0.3, -0.25) is 0 Å². The number of nitrogens with one attached hydrogen (secondary N) is 1. The molecule has 1 aromatic rings. The molecule has 2 rings (SSSR count). The van der Waals surface area contributed by atoms with E-state index in [0.29, 0.717) is 11.9 Å². The van der Waals surface area contributed by atoms with E-state index in [9.17, 15) is 8.42 Å². The minimum Gasteiger partial charge on any atom is -0.366 e. The van der Waals surface area contributed by atoms with Crippen LogP contribution in [0.15, 0.2) is 23.2 Å². The lowest BCUT2D eigenvalue weighted by Gasteiger charge is -2.31. The number of sulfone groups is 1. The smallest absolute Gasteiger partial charge is 0.179 e. The molecule has 0 unspecified atom stereocenters. The van der Waals surface area contributed by atoms with Crippen LogP contribution in [-0.4, -0.2) is 50.2 Å². The van der Waals surface area contributed by atoms with E-state index in [1.54, 1.807) is 18.3 Å². The van der Waals surface area contributed by atoms with E-state index >= 15 is 0 Å². The molecule has 1 aliphatic heterocycles. The van der Waals surface area contributed by atoms with Crippen LogP contribution in [0.5, 0.6) is 0 Å². The number of pyridine rings is 1. The largest absolute Gasteiger partial charge is 0.366 e. The third-order valence-corrected chi connectivity index (χ3v) is 4.67. The van der Waals surface area contributed by atoms with Crippen molar-refractivity contribution in [2.24, 2.45) is 0 Å². The Morgan fingerprint density at radius 2 is 2.11 bits per heavy atom. The molecule has 1 aromatic heterocycles. The fourth-order valence-electron chi connectivity index (χ4n) is 2.39. The standard InChI is InChI=1S/C13H21N3O2S/c1-3-16-9-6-11(7-10-16)15-13-12(19(2,17)18)5-4-8-14-13/h4-5,8,11H,3,6-7,9-10H2,1-2H3,(H,14,15). The Balaban J connectivity index is 2.08. The zero-order chi connectivity index (χ0) is 13.9. The number of likely N-dealkylation sites (tertiary alicyclic amines) is 1. The summed E-state index contributed by atoms with van der Waals surface area (Å²) in [6, 6.07) is 3.56. The number of hydrogen-bond donors (Lipinski definition) is 1. The van der Waals surface area contributed by atoms with Crippen LogP contribution in [0.25, 0.3) is 0 Å². The maximum absolute atomic E-state index is 11.7. The van der Waals surface area contributed by atoms with Crippen LogP contribution in [-0.2, 0) is 9.84 Å². The highest BCUT2D eigenvalue weighted by Gasteiger charge is 2.21. The lowest BCUT2D eigenvalue weighted by atomic mass is 10.1. The molecule has 0 bridgehead atoms. The summed E-state index contributed by atoms with van der Waals surface area (Å²) in [6.07, 6.45) is 4.88. The van der Waals surface area contributed by atoms with Crippen molar-refractivity contribution >= 4 is 15.7 Å². The number of anilines is 1. The number of rotatable bonds is 4. The monoisotopic (exact) mass is 283 g/mol. The fraction of sp³-hybridized carbons (Fsp3) is 0.615.